The summed E-state index contributed by atoms with van der Waals surface area (Å²) in [6.07, 6.45) is 2.38. The van der Waals surface area contributed by atoms with Gasteiger partial charge in [-0.05, 0) is 33.6 Å². The van der Waals surface area contributed by atoms with Gasteiger partial charge in [-0.15, -0.1) is 11.3 Å². The molecular weight excluding hydrogens is 254 g/mol. The first kappa shape index (κ1) is 14.9. The number of hydrogen-bond acceptors (Lipinski definition) is 4. The molecule has 108 valence electrons. The minimum absolute atomic E-state index is 0.193. The van der Waals surface area contributed by atoms with Crippen LogP contribution in [-0.2, 0) is 6.54 Å². The van der Waals surface area contributed by atoms with Crippen molar-refractivity contribution in [2.75, 3.05) is 13.1 Å². The molecule has 0 bridgehead atoms. The zero-order chi connectivity index (χ0) is 14.1. The Bertz CT molecular complexity index is 421. The van der Waals surface area contributed by atoms with E-state index in [4.69, 9.17) is 0 Å². The van der Waals surface area contributed by atoms with Crippen LogP contribution in [0, 0.1) is 6.92 Å². The second-order valence-electron chi connectivity index (χ2n) is 6.38. The van der Waals surface area contributed by atoms with Gasteiger partial charge in [-0.3, -0.25) is 4.90 Å². The predicted molar refractivity (Wildman–Crippen MR) is 82.7 cm³/mol. The van der Waals surface area contributed by atoms with E-state index in [-0.39, 0.29) is 11.1 Å². The second-order valence-corrected chi connectivity index (χ2v) is 7.45. The molecule has 0 aliphatic carbocycles. The summed E-state index contributed by atoms with van der Waals surface area (Å²) in [6, 6.07) is 0. The van der Waals surface area contributed by atoms with Gasteiger partial charge in [-0.2, -0.15) is 0 Å². The highest BCUT2D eigenvalue weighted by Gasteiger charge is 2.41. The average Bonchev–Trinajstić information content (AvgIpc) is 2.75. The van der Waals surface area contributed by atoms with E-state index in [1.165, 1.54) is 23.5 Å². The number of nitrogens with zero attached hydrogens (tertiary/aromatic N) is 2. The highest BCUT2D eigenvalue weighted by Crippen LogP contribution is 2.31. The van der Waals surface area contributed by atoms with Gasteiger partial charge in [0.15, 0.2) is 0 Å². The molecule has 19 heavy (non-hydrogen) atoms. The summed E-state index contributed by atoms with van der Waals surface area (Å²) in [6.45, 7) is 14.4. The van der Waals surface area contributed by atoms with Crippen LogP contribution in [0.5, 0.6) is 0 Å². The van der Waals surface area contributed by atoms with Crippen molar-refractivity contribution in [3.63, 3.8) is 0 Å². The number of piperazine rings is 1. The maximum absolute atomic E-state index is 4.64. The van der Waals surface area contributed by atoms with Gasteiger partial charge in [-0.25, -0.2) is 4.98 Å². The highest BCUT2D eigenvalue weighted by atomic mass is 32.1. The molecule has 0 aromatic carbocycles. The van der Waals surface area contributed by atoms with E-state index >= 15 is 0 Å². The molecule has 2 heterocycles. The zero-order valence-electron chi connectivity index (χ0n) is 12.9. The quantitative estimate of drug-likeness (QED) is 0.918. The molecule has 1 saturated heterocycles. The van der Waals surface area contributed by atoms with E-state index in [9.17, 15) is 0 Å². The Balaban J connectivity index is 2.20. The fourth-order valence-corrected chi connectivity index (χ4v) is 3.67. The van der Waals surface area contributed by atoms with Gasteiger partial charge < -0.3 is 5.32 Å². The molecule has 1 aromatic heterocycles. The smallest absolute Gasteiger partial charge is 0.0897 e. The summed E-state index contributed by atoms with van der Waals surface area (Å²) in [4.78, 5) is 7.29. The van der Waals surface area contributed by atoms with Gasteiger partial charge in [0.05, 0.1) is 10.7 Å². The average molecular weight is 281 g/mol. The number of thiazole rings is 1. The van der Waals surface area contributed by atoms with Crippen LogP contribution in [0.2, 0.25) is 0 Å². The van der Waals surface area contributed by atoms with Gasteiger partial charge in [0.2, 0.25) is 0 Å². The lowest BCUT2D eigenvalue weighted by Crippen LogP contribution is -2.67. The van der Waals surface area contributed by atoms with Crippen molar-refractivity contribution < 1.29 is 0 Å². The Hall–Kier alpha value is -0.450. The SMILES string of the molecule is CCC1(CC)CNC(C)(C)CN1Cc1csc(C)n1. The van der Waals surface area contributed by atoms with Crippen LogP contribution in [0.25, 0.3) is 0 Å². The Labute approximate surface area is 121 Å². The third-order valence-electron chi connectivity index (χ3n) is 4.49. The molecule has 1 aliphatic heterocycles. The van der Waals surface area contributed by atoms with E-state index in [2.05, 4.69) is 55.2 Å². The van der Waals surface area contributed by atoms with Crippen molar-refractivity contribution >= 4 is 11.3 Å². The molecule has 1 fully saturated rings. The molecule has 0 amide bonds. The monoisotopic (exact) mass is 281 g/mol. The van der Waals surface area contributed by atoms with Crippen molar-refractivity contribution in [1.29, 1.82) is 0 Å². The Morgan fingerprint density at radius 2 is 2.05 bits per heavy atom. The molecule has 4 heteroatoms. The van der Waals surface area contributed by atoms with Crippen molar-refractivity contribution in [3.8, 4) is 0 Å². The fourth-order valence-electron chi connectivity index (χ4n) is 3.06. The lowest BCUT2D eigenvalue weighted by Gasteiger charge is -2.52. The third-order valence-corrected chi connectivity index (χ3v) is 5.31. The number of aromatic nitrogens is 1. The Morgan fingerprint density at radius 1 is 1.37 bits per heavy atom. The van der Waals surface area contributed by atoms with Gasteiger partial charge in [0, 0.05) is 36.1 Å². The van der Waals surface area contributed by atoms with Crippen LogP contribution < -0.4 is 5.32 Å². The van der Waals surface area contributed by atoms with Crippen LogP contribution in [0.15, 0.2) is 5.38 Å². The van der Waals surface area contributed by atoms with E-state index in [0.29, 0.717) is 0 Å². The summed E-state index contributed by atoms with van der Waals surface area (Å²) in [7, 11) is 0. The highest BCUT2D eigenvalue weighted by molar-refractivity contribution is 7.09. The van der Waals surface area contributed by atoms with Crippen molar-refractivity contribution in [1.82, 2.24) is 15.2 Å². The van der Waals surface area contributed by atoms with Crippen LogP contribution in [0.3, 0.4) is 0 Å². The Morgan fingerprint density at radius 3 is 2.58 bits per heavy atom. The molecule has 1 N–H and O–H groups in total. The van der Waals surface area contributed by atoms with Gasteiger partial charge >= 0.3 is 0 Å². The van der Waals surface area contributed by atoms with Crippen molar-refractivity contribution in [2.24, 2.45) is 0 Å². The van der Waals surface area contributed by atoms with Crippen LogP contribution in [-0.4, -0.2) is 34.1 Å². The first-order valence-electron chi connectivity index (χ1n) is 7.32. The number of nitrogens with one attached hydrogen (secondary N) is 1. The van der Waals surface area contributed by atoms with Gasteiger partial charge in [-0.1, -0.05) is 13.8 Å². The van der Waals surface area contributed by atoms with Crippen LogP contribution >= 0.6 is 11.3 Å². The number of hydrogen-bond donors (Lipinski definition) is 1. The van der Waals surface area contributed by atoms with E-state index < -0.39 is 0 Å². The molecule has 1 aromatic rings. The standard InChI is InChI=1S/C15H27N3S/c1-6-15(7-2)10-16-14(4,5)11-18(15)8-13-9-19-12(3)17-13/h9,16H,6-8,10-11H2,1-5H3. The summed E-state index contributed by atoms with van der Waals surface area (Å²) >= 11 is 1.75. The molecule has 2 rings (SSSR count). The zero-order valence-corrected chi connectivity index (χ0v) is 13.7. The fraction of sp³-hybridized carbons (Fsp3) is 0.800. The molecular formula is C15H27N3S. The van der Waals surface area contributed by atoms with Gasteiger partial charge in [0.25, 0.3) is 0 Å². The molecule has 0 saturated carbocycles. The van der Waals surface area contributed by atoms with Gasteiger partial charge in [0.1, 0.15) is 0 Å². The minimum atomic E-state index is 0.193. The number of rotatable bonds is 4. The molecule has 3 nitrogen and oxygen atoms in total. The molecule has 0 unspecified atom stereocenters. The molecule has 1 aliphatic rings. The third kappa shape index (κ3) is 3.18. The molecule has 0 radical (unpaired) electrons. The number of aryl methyl sites for hydroxylation is 1. The van der Waals surface area contributed by atoms with Crippen LogP contribution in [0.1, 0.15) is 51.2 Å². The lowest BCUT2D eigenvalue weighted by atomic mass is 9.84. The van der Waals surface area contributed by atoms with E-state index in [0.717, 1.165) is 19.6 Å². The largest absolute Gasteiger partial charge is 0.309 e. The topological polar surface area (TPSA) is 28.2 Å². The van der Waals surface area contributed by atoms with E-state index in [1.807, 2.05) is 0 Å². The maximum Gasteiger partial charge on any atom is 0.0897 e. The summed E-state index contributed by atoms with van der Waals surface area (Å²) < 4.78 is 0. The minimum Gasteiger partial charge on any atom is -0.309 e. The van der Waals surface area contributed by atoms with Crippen LogP contribution in [0.4, 0.5) is 0 Å². The second kappa shape index (κ2) is 5.51. The maximum atomic E-state index is 4.64. The van der Waals surface area contributed by atoms with Crippen molar-refractivity contribution in [3.05, 3.63) is 16.1 Å². The Kier molecular flexibility index (Phi) is 4.33. The lowest BCUT2D eigenvalue weighted by molar-refractivity contribution is 0.00157. The molecule has 0 spiro atoms. The summed E-state index contributed by atoms with van der Waals surface area (Å²) in [5.41, 5.74) is 1.71. The summed E-state index contributed by atoms with van der Waals surface area (Å²) in [5.74, 6) is 0. The molecule has 0 atom stereocenters. The summed E-state index contributed by atoms with van der Waals surface area (Å²) in [5, 5.41) is 7.09. The first-order valence-corrected chi connectivity index (χ1v) is 8.20. The predicted octanol–water partition coefficient (Wildman–Crippen LogP) is 3.19. The first-order chi connectivity index (χ1) is 8.91. The van der Waals surface area contributed by atoms with E-state index in [1.54, 1.807) is 11.3 Å². The van der Waals surface area contributed by atoms with Crippen molar-refractivity contribution in [2.45, 2.75) is 65.1 Å². The normalized spacial score (nSPS) is 22.6.